The van der Waals surface area contributed by atoms with E-state index in [-0.39, 0.29) is 24.5 Å². The monoisotopic (exact) mass is 364 g/mol. The molecule has 0 aliphatic carbocycles. The molecule has 0 unspecified atom stereocenters. The Morgan fingerprint density at radius 2 is 1.62 bits per heavy atom. The second-order valence-electron chi connectivity index (χ2n) is 6.43. The number of para-hydroxylation sites is 1. The van der Waals surface area contributed by atoms with Gasteiger partial charge >= 0.3 is 0 Å². The summed E-state index contributed by atoms with van der Waals surface area (Å²) in [6.45, 7) is 4.36. The number of nitrogens with one attached hydrogen (secondary N) is 1. The van der Waals surface area contributed by atoms with E-state index in [4.69, 9.17) is 0 Å². The van der Waals surface area contributed by atoms with Crippen LogP contribution in [-0.4, -0.2) is 18.5 Å². The summed E-state index contributed by atoms with van der Waals surface area (Å²) in [5.41, 5.74) is 2.10. The number of benzene rings is 2. The number of carbonyl (C=O) groups excluding carboxylic acids is 1. The number of hydrogen-bond acceptors (Lipinski definition) is 3. The van der Waals surface area contributed by atoms with Gasteiger partial charge in [0, 0.05) is 16.6 Å². The Bertz CT molecular complexity index is 801. The minimum Gasteiger partial charge on any atom is -0.309 e. The molecule has 26 heavy (non-hydrogen) atoms. The van der Waals surface area contributed by atoms with E-state index in [1.165, 1.54) is 10.4 Å². The average molecular weight is 365 g/mol. The van der Waals surface area contributed by atoms with E-state index in [0.717, 1.165) is 5.69 Å². The molecule has 4 heteroatoms. The van der Waals surface area contributed by atoms with E-state index >= 15 is 0 Å². The Balaban J connectivity index is 1.77. The highest BCUT2D eigenvalue weighted by atomic mass is 32.1. The van der Waals surface area contributed by atoms with Crippen LogP contribution in [0.5, 0.6) is 0 Å². The van der Waals surface area contributed by atoms with Gasteiger partial charge < -0.3 is 4.90 Å². The number of carbonyl (C=O) groups is 1. The first-order valence-corrected chi connectivity index (χ1v) is 9.73. The van der Waals surface area contributed by atoms with Crippen molar-refractivity contribution in [1.29, 1.82) is 0 Å². The molecule has 0 saturated carbocycles. The van der Waals surface area contributed by atoms with Crippen LogP contribution in [0.2, 0.25) is 0 Å². The van der Waals surface area contributed by atoms with Gasteiger partial charge in [-0.3, -0.25) is 10.1 Å². The number of nitrogens with zero attached hydrogens (tertiary/aromatic N) is 1. The molecule has 3 rings (SSSR count). The lowest BCUT2D eigenvalue weighted by Gasteiger charge is -2.28. The first kappa shape index (κ1) is 18.4. The summed E-state index contributed by atoms with van der Waals surface area (Å²) in [5, 5.41) is 5.53. The van der Waals surface area contributed by atoms with Crippen molar-refractivity contribution in [3.63, 3.8) is 0 Å². The third-order valence-corrected chi connectivity index (χ3v) is 5.17. The normalized spacial score (nSPS) is 12.1. The van der Waals surface area contributed by atoms with Crippen LogP contribution in [0.3, 0.4) is 0 Å². The summed E-state index contributed by atoms with van der Waals surface area (Å²) < 4.78 is 0. The molecule has 134 valence electrons. The van der Waals surface area contributed by atoms with Gasteiger partial charge in [-0.2, -0.15) is 0 Å². The molecule has 3 aromatic rings. The summed E-state index contributed by atoms with van der Waals surface area (Å²) in [5.74, 6) is 0.0729. The molecule has 3 nitrogen and oxygen atoms in total. The van der Waals surface area contributed by atoms with Crippen molar-refractivity contribution >= 4 is 22.9 Å². The minimum absolute atomic E-state index is 0.0185. The van der Waals surface area contributed by atoms with E-state index in [0.29, 0.717) is 0 Å². The van der Waals surface area contributed by atoms with Crippen LogP contribution in [-0.2, 0) is 4.79 Å². The summed E-state index contributed by atoms with van der Waals surface area (Å²) in [7, 11) is 0. The van der Waals surface area contributed by atoms with Crippen LogP contribution >= 0.6 is 11.3 Å². The van der Waals surface area contributed by atoms with Gasteiger partial charge in [0.15, 0.2) is 0 Å². The van der Waals surface area contributed by atoms with Gasteiger partial charge in [0.05, 0.1) is 12.6 Å². The third kappa shape index (κ3) is 4.40. The third-order valence-electron chi connectivity index (χ3n) is 4.24. The standard InChI is InChI=1S/C22H24N2OS/c1-17(2)24(19-12-7-4-8-13-19)21(25)16-23-22(20-14-9-15-26-20)18-10-5-3-6-11-18/h3-15,17,22-23H,16H2,1-2H3/t22-/m0/s1. The second-order valence-corrected chi connectivity index (χ2v) is 7.41. The molecular formula is C22H24N2OS. The zero-order valence-corrected chi connectivity index (χ0v) is 15.9. The Morgan fingerprint density at radius 3 is 2.19 bits per heavy atom. The van der Waals surface area contributed by atoms with Gasteiger partial charge in [0.1, 0.15) is 0 Å². The zero-order chi connectivity index (χ0) is 18.4. The lowest BCUT2D eigenvalue weighted by atomic mass is 10.1. The van der Waals surface area contributed by atoms with Crippen molar-refractivity contribution in [3.05, 3.63) is 88.6 Å². The highest BCUT2D eigenvalue weighted by Gasteiger charge is 2.21. The van der Waals surface area contributed by atoms with Gasteiger partial charge in [-0.25, -0.2) is 0 Å². The van der Waals surface area contributed by atoms with Crippen LogP contribution in [0.1, 0.15) is 30.3 Å². The van der Waals surface area contributed by atoms with Gasteiger partial charge in [-0.1, -0.05) is 54.6 Å². The predicted octanol–water partition coefficient (Wildman–Crippen LogP) is 4.87. The quantitative estimate of drug-likeness (QED) is 0.649. The topological polar surface area (TPSA) is 32.3 Å². The fourth-order valence-electron chi connectivity index (χ4n) is 3.08. The molecular weight excluding hydrogens is 340 g/mol. The van der Waals surface area contributed by atoms with Crippen LogP contribution in [0.25, 0.3) is 0 Å². The maximum atomic E-state index is 13.0. The Morgan fingerprint density at radius 1 is 0.962 bits per heavy atom. The first-order valence-electron chi connectivity index (χ1n) is 8.85. The predicted molar refractivity (Wildman–Crippen MR) is 110 cm³/mol. The molecule has 0 aliphatic rings. The van der Waals surface area contributed by atoms with Crippen molar-refractivity contribution in [2.45, 2.75) is 25.9 Å². The summed E-state index contributed by atoms with van der Waals surface area (Å²) in [4.78, 5) is 16.0. The molecule has 0 aliphatic heterocycles. The van der Waals surface area contributed by atoms with Gasteiger partial charge in [-0.05, 0) is 43.0 Å². The zero-order valence-electron chi connectivity index (χ0n) is 15.1. The number of thiophene rings is 1. The van der Waals surface area contributed by atoms with Crippen molar-refractivity contribution in [2.75, 3.05) is 11.4 Å². The van der Waals surface area contributed by atoms with E-state index in [1.807, 2.05) is 73.3 Å². The largest absolute Gasteiger partial charge is 0.309 e. The van der Waals surface area contributed by atoms with E-state index < -0.39 is 0 Å². The SMILES string of the molecule is CC(C)N(C(=O)CN[C@@H](c1ccccc1)c1cccs1)c1ccccc1. The molecule has 0 saturated heterocycles. The Kier molecular flexibility index (Phi) is 6.21. The molecule has 0 bridgehead atoms. The smallest absolute Gasteiger partial charge is 0.241 e. The van der Waals surface area contributed by atoms with Crippen LogP contribution in [0.15, 0.2) is 78.2 Å². The fraction of sp³-hybridized carbons (Fsp3) is 0.227. The van der Waals surface area contributed by atoms with E-state index in [1.54, 1.807) is 11.3 Å². The van der Waals surface area contributed by atoms with Crippen LogP contribution in [0, 0.1) is 0 Å². The Labute approximate surface area is 159 Å². The second kappa shape index (κ2) is 8.79. The Hall–Kier alpha value is -2.43. The molecule has 0 fully saturated rings. The van der Waals surface area contributed by atoms with Crippen molar-refractivity contribution in [3.8, 4) is 0 Å². The maximum Gasteiger partial charge on any atom is 0.241 e. The lowest BCUT2D eigenvalue weighted by molar-refractivity contribution is -0.118. The van der Waals surface area contributed by atoms with Crippen LogP contribution < -0.4 is 10.2 Å². The highest BCUT2D eigenvalue weighted by molar-refractivity contribution is 7.10. The number of amides is 1. The summed E-state index contributed by atoms with van der Waals surface area (Å²) in [6, 6.07) is 24.4. The van der Waals surface area contributed by atoms with Gasteiger partial charge in [0.2, 0.25) is 5.91 Å². The molecule has 1 heterocycles. The van der Waals surface area contributed by atoms with E-state index in [9.17, 15) is 4.79 Å². The fourth-order valence-corrected chi connectivity index (χ4v) is 3.90. The molecule has 2 aromatic carbocycles. The molecule has 0 radical (unpaired) electrons. The molecule has 1 atom stereocenters. The lowest BCUT2D eigenvalue weighted by Crippen LogP contribution is -2.43. The van der Waals surface area contributed by atoms with Crippen molar-refractivity contribution < 1.29 is 4.79 Å². The first-order chi connectivity index (χ1) is 12.7. The van der Waals surface area contributed by atoms with Crippen molar-refractivity contribution in [1.82, 2.24) is 5.32 Å². The van der Waals surface area contributed by atoms with Gasteiger partial charge in [-0.15, -0.1) is 11.3 Å². The molecule has 1 N–H and O–H groups in total. The van der Waals surface area contributed by atoms with Crippen LogP contribution in [0.4, 0.5) is 5.69 Å². The maximum absolute atomic E-state index is 13.0. The number of anilines is 1. The highest BCUT2D eigenvalue weighted by Crippen LogP contribution is 2.26. The van der Waals surface area contributed by atoms with E-state index in [2.05, 4.69) is 28.9 Å². The van der Waals surface area contributed by atoms with Gasteiger partial charge in [0.25, 0.3) is 0 Å². The summed E-state index contributed by atoms with van der Waals surface area (Å²) >= 11 is 1.70. The summed E-state index contributed by atoms with van der Waals surface area (Å²) in [6.07, 6.45) is 0. The molecule has 1 amide bonds. The molecule has 0 spiro atoms. The minimum atomic E-state index is 0.0185. The molecule has 1 aromatic heterocycles. The number of rotatable bonds is 7. The number of hydrogen-bond donors (Lipinski definition) is 1. The van der Waals surface area contributed by atoms with Crippen molar-refractivity contribution in [2.24, 2.45) is 0 Å². The average Bonchev–Trinajstić information content (AvgIpc) is 3.18.